The van der Waals surface area contributed by atoms with Crippen LogP contribution in [-0.4, -0.2) is 48.4 Å². The van der Waals surface area contributed by atoms with Gasteiger partial charge in [-0.15, -0.1) is 0 Å². The van der Waals surface area contributed by atoms with Crippen molar-refractivity contribution < 1.29 is 4.79 Å². The highest BCUT2D eigenvalue weighted by molar-refractivity contribution is 5.76. The number of likely N-dealkylation sites (tertiary alicyclic amines) is 2. The van der Waals surface area contributed by atoms with Crippen molar-refractivity contribution in [1.82, 2.24) is 9.80 Å². The highest BCUT2D eigenvalue weighted by atomic mass is 16.2. The molecule has 0 aromatic heterocycles. The van der Waals surface area contributed by atoms with Gasteiger partial charge in [0.25, 0.3) is 0 Å². The second kappa shape index (κ2) is 9.54. The smallest absolute Gasteiger partial charge is 0.222 e. The Bertz CT molecular complexity index is 309. The zero-order chi connectivity index (χ0) is 16.6. The van der Waals surface area contributed by atoms with E-state index in [1.54, 1.807) is 0 Å². The van der Waals surface area contributed by atoms with Gasteiger partial charge in [-0.1, -0.05) is 34.6 Å². The Balaban J connectivity index is 0.00000116. The molecule has 3 nitrogen and oxygen atoms in total. The van der Waals surface area contributed by atoms with E-state index in [-0.39, 0.29) is 0 Å². The summed E-state index contributed by atoms with van der Waals surface area (Å²) >= 11 is 0. The molecule has 2 saturated heterocycles. The molecule has 0 atom stereocenters. The van der Waals surface area contributed by atoms with E-state index in [2.05, 4.69) is 30.6 Å². The standard InChI is InChI=1S/C17H32N2O.C2H6/c1-4-5-16(20)19-12-8-17(9-13-19)6-10-18(11-7-17)14-15(2)3;1-2/h15H,4-14H2,1-3H3;1-2H3. The summed E-state index contributed by atoms with van der Waals surface area (Å²) in [4.78, 5) is 16.7. The number of amides is 1. The van der Waals surface area contributed by atoms with E-state index < -0.39 is 0 Å². The molecule has 1 spiro atoms. The first-order valence-electron chi connectivity index (χ1n) is 9.55. The fourth-order valence-electron chi connectivity index (χ4n) is 3.83. The SMILES string of the molecule is CC.CCCC(=O)N1CCC2(CCN(CC(C)C)CC2)CC1. The van der Waals surface area contributed by atoms with Gasteiger partial charge in [-0.2, -0.15) is 0 Å². The van der Waals surface area contributed by atoms with E-state index in [0.717, 1.165) is 31.8 Å². The van der Waals surface area contributed by atoms with Gasteiger partial charge in [0.05, 0.1) is 0 Å². The van der Waals surface area contributed by atoms with E-state index in [1.165, 1.54) is 45.3 Å². The van der Waals surface area contributed by atoms with Crippen LogP contribution >= 0.6 is 0 Å². The van der Waals surface area contributed by atoms with Crippen molar-refractivity contribution in [1.29, 1.82) is 0 Å². The lowest BCUT2D eigenvalue weighted by Crippen LogP contribution is -2.48. The Morgan fingerprint density at radius 3 is 1.95 bits per heavy atom. The lowest BCUT2D eigenvalue weighted by atomic mass is 9.71. The van der Waals surface area contributed by atoms with Crippen LogP contribution in [-0.2, 0) is 4.79 Å². The van der Waals surface area contributed by atoms with Crippen LogP contribution in [0.4, 0.5) is 0 Å². The van der Waals surface area contributed by atoms with Gasteiger partial charge in [0.1, 0.15) is 0 Å². The van der Waals surface area contributed by atoms with Gasteiger partial charge in [0, 0.05) is 26.1 Å². The van der Waals surface area contributed by atoms with Crippen LogP contribution in [0.1, 0.15) is 73.1 Å². The summed E-state index contributed by atoms with van der Waals surface area (Å²) in [6.45, 7) is 16.5. The first-order valence-corrected chi connectivity index (χ1v) is 9.55. The number of carbonyl (C=O) groups excluding carboxylic acids is 1. The van der Waals surface area contributed by atoms with Gasteiger partial charge >= 0.3 is 0 Å². The number of carbonyl (C=O) groups is 1. The van der Waals surface area contributed by atoms with E-state index in [9.17, 15) is 4.79 Å². The summed E-state index contributed by atoms with van der Waals surface area (Å²) in [5, 5.41) is 0. The predicted octanol–water partition coefficient (Wildman–Crippen LogP) is 4.17. The normalized spacial score (nSPS) is 21.6. The summed E-state index contributed by atoms with van der Waals surface area (Å²) in [5.74, 6) is 1.15. The zero-order valence-electron chi connectivity index (χ0n) is 15.7. The fourth-order valence-corrected chi connectivity index (χ4v) is 3.83. The molecule has 130 valence electrons. The molecule has 3 heteroatoms. The van der Waals surface area contributed by atoms with E-state index in [4.69, 9.17) is 0 Å². The molecule has 0 bridgehead atoms. The molecule has 2 heterocycles. The molecular weight excluding hydrogens is 272 g/mol. The molecule has 1 amide bonds. The van der Waals surface area contributed by atoms with Crippen molar-refractivity contribution in [3.8, 4) is 0 Å². The zero-order valence-corrected chi connectivity index (χ0v) is 15.7. The topological polar surface area (TPSA) is 23.6 Å². The van der Waals surface area contributed by atoms with Crippen LogP contribution in [0.25, 0.3) is 0 Å². The largest absolute Gasteiger partial charge is 0.343 e. The third kappa shape index (κ3) is 5.57. The van der Waals surface area contributed by atoms with Gasteiger partial charge in [0.15, 0.2) is 0 Å². The quantitative estimate of drug-likeness (QED) is 0.778. The Labute approximate surface area is 138 Å². The average molecular weight is 311 g/mol. The monoisotopic (exact) mass is 310 g/mol. The van der Waals surface area contributed by atoms with E-state index >= 15 is 0 Å². The first kappa shape index (κ1) is 19.5. The molecule has 0 aliphatic carbocycles. The van der Waals surface area contributed by atoms with Crippen LogP contribution in [0, 0.1) is 11.3 Å². The second-order valence-corrected chi connectivity index (χ2v) is 7.33. The van der Waals surface area contributed by atoms with Crippen molar-refractivity contribution >= 4 is 5.91 Å². The molecule has 22 heavy (non-hydrogen) atoms. The van der Waals surface area contributed by atoms with Gasteiger partial charge in [0.2, 0.25) is 5.91 Å². The Morgan fingerprint density at radius 1 is 1.00 bits per heavy atom. The third-order valence-corrected chi connectivity index (χ3v) is 5.18. The van der Waals surface area contributed by atoms with Gasteiger partial charge in [-0.3, -0.25) is 4.79 Å². The van der Waals surface area contributed by atoms with Crippen molar-refractivity contribution in [3.63, 3.8) is 0 Å². The predicted molar refractivity (Wildman–Crippen MR) is 95.0 cm³/mol. The van der Waals surface area contributed by atoms with Crippen LogP contribution in [0.5, 0.6) is 0 Å². The molecule has 0 radical (unpaired) electrons. The minimum absolute atomic E-state index is 0.375. The number of hydrogen-bond donors (Lipinski definition) is 0. The highest BCUT2D eigenvalue weighted by Crippen LogP contribution is 2.41. The van der Waals surface area contributed by atoms with Gasteiger partial charge < -0.3 is 9.80 Å². The minimum atomic E-state index is 0.375. The van der Waals surface area contributed by atoms with Gasteiger partial charge in [-0.25, -0.2) is 0 Å². The molecule has 0 aromatic carbocycles. The molecule has 2 aliphatic heterocycles. The van der Waals surface area contributed by atoms with Crippen LogP contribution in [0.15, 0.2) is 0 Å². The summed E-state index contributed by atoms with van der Waals surface area (Å²) < 4.78 is 0. The van der Waals surface area contributed by atoms with Crippen LogP contribution < -0.4 is 0 Å². The van der Waals surface area contributed by atoms with E-state index in [0.29, 0.717) is 11.3 Å². The molecule has 2 aliphatic rings. The van der Waals surface area contributed by atoms with Gasteiger partial charge in [-0.05, 0) is 56.5 Å². The maximum absolute atomic E-state index is 12.0. The van der Waals surface area contributed by atoms with Crippen molar-refractivity contribution in [3.05, 3.63) is 0 Å². The molecule has 0 saturated carbocycles. The minimum Gasteiger partial charge on any atom is -0.343 e. The Hall–Kier alpha value is -0.570. The number of rotatable bonds is 4. The summed E-state index contributed by atoms with van der Waals surface area (Å²) in [5.41, 5.74) is 0.552. The lowest BCUT2D eigenvalue weighted by Gasteiger charge is -2.47. The fraction of sp³-hybridized carbons (Fsp3) is 0.947. The first-order chi connectivity index (χ1) is 10.5. The summed E-state index contributed by atoms with van der Waals surface area (Å²) in [6.07, 6.45) is 6.86. The summed E-state index contributed by atoms with van der Waals surface area (Å²) in [6, 6.07) is 0. The second-order valence-electron chi connectivity index (χ2n) is 7.33. The highest BCUT2D eigenvalue weighted by Gasteiger charge is 2.38. The molecule has 0 N–H and O–H groups in total. The average Bonchev–Trinajstić information content (AvgIpc) is 2.52. The Morgan fingerprint density at radius 2 is 1.50 bits per heavy atom. The number of piperidine rings is 2. The molecule has 2 rings (SSSR count). The van der Waals surface area contributed by atoms with E-state index in [1.807, 2.05) is 13.8 Å². The lowest BCUT2D eigenvalue weighted by molar-refractivity contribution is -0.134. The van der Waals surface area contributed by atoms with Crippen LogP contribution in [0.3, 0.4) is 0 Å². The maximum Gasteiger partial charge on any atom is 0.222 e. The molecule has 0 aromatic rings. The molecule has 2 fully saturated rings. The number of hydrogen-bond acceptors (Lipinski definition) is 2. The number of nitrogens with zero attached hydrogens (tertiary/aromatic N) is 2. The van der Waals surface area contributed by atoms with Crippen molar-refractivity contribution in [2.24, 2.45) is 11.3 Å². The van der Waals surface area contributed by atoms with Crippen molar-refractivity contribution in [2.45, 2.75) is 73.1 Å². The Kier molecular flexibility index (Phi) is 8.45. The molecular formula is C19H38N2O. The maximum atomic E-state index is 12.0. The van der Waals surface area contributed by atoms with Crippen molar-refractivity contribution in [2.75, 3.05) is 32.7 Å². The summed E-state index contributed by atoms with van der Waals surface area (Å²) in [7, 11) is 0. The third-order valence-electron chi connectivity index (χ3n) is 5.18. The molecule has 0 unspecified atom stereocenters. The van der Waals surface area contributed by atoms with Crippen LogP contribution in [0.2, 0.25) is 0 Å².